The average molecular weight is 733 g/mol. The van der Waals surface area contributed by atoms with E-state index >= 15 is 0 Å². The maximum atomic E-state index is 2.52. The van der Waals surface area contributed by atoms with E-state index in [4.69, 9.17) is 0 Å². The van der Waals surface area contributed by atoms with E-state index < -0.39 is 0 Å². The Labute approximate surface area is 336 Å². The molecule has 8 aromatic rings. The lowest BCUT2D eigenvalue weighted by Gasteiger charge is -2.37. The summed E-state index contributed by atoms with van der Waals surface area (Å²) in [7, 11) is 0. The fraction of sp³-hybridized carbons (Fsp3) is 0.0909. The third kappa shape index (κ3) is 6.64. The van der Waals surface area contributed by atoms with Gasteiger partial charge >= 0.3 is 0 Å². The number of nitrogens with zero attached hydrogens (tertiary/aromatic N) is 2. The van der Waals surface area contributed by atoms with Crippen LogP contribution in [0.1, 0.15) is 35.2 Å². The molecule has 0 saturated heterocycles. The Bertz CT molecular complexity index is 2740. The second kappa shape index (κ2) is 15.0. The largest absolute Gasteiger partial charge is 0.334 e. The monoisotopic (exact) mass is 732 g/mol. The number of aromatic nitrogens is 1. The highest BCUT2D eigenvalue weighted by molar-refractivity contribution is 5.91. The van der Waals surface area contributed by atoms with E-state index in [0.717, 1.165) is 6.42 Å². The van der Waals surface area contributed by atoms with E-state index in [1.165, 1.54) is 78.2 Å². The van der Waals surface area contributed by atoms with Crippen LogP contribution in [0.25, 0.3) is 50.5 Å². The first-order valence-corrected chi connectivity index (χ1v) is 20.1. The van der Waals surface area contributed by atoms with Gasteiger partial charge in [-0.25, -0.2) is 0 Å². The molecule has 2 aliphatic rings. The predicted octanol–water partition coefficient (Wildman–Crippen LogP) is 14.1. The van der Waals surface area contributed by atoms with Crippen molar-refractivity contribution in [2.75, 3.05) is 4.90 Å². The molecule has 0 aliphatic heterocycles. The zero-order valence-electron chi connectivity index (χ0n) is 32.1. The standard InChI is InChI=1S/C55H44N2/c1-39-37-46(42-17-9-4-10-18-42)27-35-53(39)56(48-29-21-43(22-30-48)40-13-5-2-6-14-40)49-31-25-45(26-32-49)47-28-36-55-52(38-47)51-19-11-12-20-54(51)57(55)50-33-23-44(24-34-50)41-15-7-3-8-16-41/h2-37,39,47,53H,38H2,1H3. The molecule has 0 amide bonds. The van der Waals surface area contributed by atoms with Crippen LogP contribution in [0.3, 0.4) is 0 Å². The van der Waals surface area contributed by atoms with E-state index in [2.05, 4.69) is 235 Å². The third-order valence-electron chi connectivity index (χ3n) is 11.9. The van der Waals surface area contributed by atoms with Gasteiger partial charge in [0.05, 0.1) is 11.6 Å². The minimum atomic E-state index is 0.163. The number of hydrogen-bond acceptors (Lipinski definition) is 1. The molecule has 3 unspecified atom stereocenters. The Kier molecular flexibility index (Phi) is 9.08. The Morgan fingerprint density at radius 3 is 1.63 bits per heavy atom. The van der Waals surface area contributed by atoms with Crippen molar-refractivity contribution in [1.82, 2.24) is 4.57 Å². The zero-order chi connectivity index (χ0) is 38.1. The maximum absolute atomic E-state index is 2.52. The molecular formula is C55H44N2. The van der Waals surface area contributed by atoms with Gasteiger partial charge in [-0.15, -0.1) is 0 Å². The molecule has 3 atom stereocenters. The summed E-state index contributed by atoms with van der Waals surface area (Å²) in [5, 5.41) is 1.33. The fourth-order valence-corrected chi connectivity index (χ4v) is 8.93. The SMILES string of the molecule is CC1C=C(c2ccccc2)C=CC1N(c1ccc(-c2ccccc2)cc1)c1ccc(C2C=Cc3c(c4ccccc4n3-c3ccc(-c4ccccc4)cc3)C2)cc1. The molecule has 0 N–H and O–H groups in total. The minimum absolute atomic E-state index is 0.163. The Morgan fingerprint density at radius 2 is 1.02 bits per heavy atom. The number of rotatable bonds is 8. The van der Waals surface area contributed by atoms with Crippen LogP contribution in [0, 0.1) is 5.92 Å². The molecule has 1 heterocycles. The molecule has 0 radical (unpaired) electrons. The first-order valence-electron chi connectivity index (χ1n) is 20.1. The summed E-state index contributed by atoms with van der Waals surface area (Å²) in [6, 6.07) is 68.5. The van der Waals surface area contributed by atoms with Gasteiger partial charge in [0.15, 0.2) is 0 Å². The van der Waals surface area contributed by atoms with Gasteiger partial charge in [0, 0.05) is 34.1 Å². The maximum Gasteiger partial charge on any atom is 0.0585 e. The molecule has 7 aromatic carbocycles. The first-order chi connectivity index (χ1) is 28.2. The van der Waals surface area contributed by atoms with Crippen molar-refractivity contribution in [2.24, 2.45) is 5.92 Å². The van der Waals surface area contributed by atoms with Crippen molar-refractivity contribution in [3.05, 3.63) is 235 Å². The molecule has 0 bridgehead atoms. The molecule has 1 aromatic heterocycles. The molecule has 10 rings (SSSR count). The number of hydrogen-bond donors (Lipinski definition) is 0. The number of fused-ring (bicyclic) bond motifs is 3. The molecule has 274 valence electrons. The smallest absolute Gasteiger partial charge is 0.0585 e. The van der Waals surface area contributed by atoms with Crippen LogP contribution in [-0.2, 0) is 6.42 Å². The van der Waals surface area contributed by atoms with Gasteiger partial charge in [-0.05, 0) is 105 Å². The lowest BCUT2D eigenvalue weighted by molar-refractivity contribution is 0.611. The molecular weight excluding hydrogens is 689 g/mol. The Hall–Kier alpha value is -6.90. The van der Waals surface area contributed by atoms with Crippen LogP contribution in [-0.4, -0.2) is 10.6 Å². The first kappa shape index (κ1) is 34.6. The summed E-state index contributed by atoms with van der Waals surface area (Å²) >= 11 is 0. The molecule has 0 saturated carbocycles. The normalized spacial score (nSPS) is 17.3. The lowest BCUT2D eigenvalue weighted by atomic mass is 9.86. The van der Waals surface area contributed by atoms with Gasteiger partial charge in [-0.2, -0.15) is 0 Å². The molecule has 2 aliphatic carbocycles. The second-order valence-electron chi connectivity index (χ2n) is 15.4. The van der Waals surface area contributed by atoms with Crippen LogP contribution < -0.4 is 4.90 Å². The van der Waals surface area contributed by atoms with Crippen LogP contribution in [0.15, 0.2) is 212 Å². The Morgan fingerprint density at radius 1 is 0.491 bits per heavy atom. The van der Waals surface area contributed by atoms with E-state index in [1.54, 1.807) is 0 Å². The van der Waals surface area contributed by atoms with Gasteiger partial charge in [-0.3, -0.25) is 0 Å². The molecule has 2 heteroatoms. The topological polar surface area (TPSA) is 8.17 Å². The van der Waals surface area contributed by atoms with Crippen LogP contribution in [0.4, 0.5) is 11.4 Å². The van der Waals surface area contributed by atoms with E-state index in [1.807, 2.05) is 0 Å². The van der Waals surface area contributed by atoms with Crippen LogP contribution in [0.2, 0.25) is 0 Å². The molecule has 0 fully saturated rings. The minimum Gasteiger partial charge on any atom is -0.334 e. The predicted molar refractivity (Wildman–Crippen MR) is 241 cm³/mol. The third-order valence-corrected chi connectivity index (χ3v) is 11.9. The number of anilines is 2. The Balaban J connectivity index is 0.963. The van der Waals surface area contributed by atoms with E-state index in [9.17, 15) is 0 Å². The van der Waals surface area contributed by atoms with E-state index in [-0.39, 0.29) is 12.0 Å². The highest BCUT2D eigenvalue weighted by Crippen LogP contribution is 2.41. The van der Waals surface area contributed by atoms with Crippen LogP contribution in [0.5, 0.6) is 0 Å². The van der Waals surface area contributed by atoms with Crippen molar-refractivity contribution >= 4 is 33.9 Å². The van der Waals surface area contributed by atoms with Crippen molar-refractivity contribution in [3.63, 3.8) is 0 Å². The van der Waals surface area contributed by atoms with Gasteiger partial charge < -0.3 is 9.47 Å². The summed E-state index contributed by atoms with van der Waals surface area (Å²) in [5.41, 5.74) is 16.3. The number of para-hydroxylation sites is 1. The van der Waals surface area contributed by atoms with Crippen molar-refractivity contribution in [1.29, 1.82) is 0 Å². The lowest BCUT2D eigenvalue weighted by Crippen LogP contribution is -2.35. The summed E-state index contributed by atoms with van der Waals surface area (Å²) < 4.78 is 2.44. The summed E-state index contributed by atoms with van der Waals surface area (Å²) in [6.07, 6.45) is 12.8. The van der Waals surface area contributed by atoms with Gasteiger partial charge in [0.2, 0.25) is 0 Å². The zero-order valence-corrected chi connectivity index (χ0v) is 32.1. The van der Waals surface area contributed by atoms with Gasteiger partial charge in [0.1, 0.15) is 0 Å². The highest BCUT2D eigenvalue weighted by Gasteiger charge is 2.28. The second-order valence-corrected chi connectivity index (χ2v) is 15.4. The highest BCUT2D eigenvalue weighted by atomic mass is 15.2. The fourth-order valence-electron chi connectivity index (χ4n) is 8.93. The van der Waals surface area contributed by atoms with Crippen molar-refractivity contribution < 1.29 is 0 Å². The molecule has 2 nitrogen and oxygen atoms in total. The quantitative estimate of drug-likeness (QED) is 0.151. The van der Waals surface area contributed by atoms with Crippen LogP contribution >= 0.6 is 0 Å². The average Bonchev–Trinajstić information content (AvgIpc) is 3.62. The van der Waals surface area contributed by atoms with Gasteiger partial charge in [-0.1, -0.05) is 177 Å². The van der Waals surface area contributed by atoms with Crippen molar-refractivity contribution in [3.8, 4) is 27.9 Å². The van der Waals surface area contributed by atoms with Crippen molar-refractivity contribution in [2.45, 2.75) is 25.3 Å². The van der Waals surface area contributed by atoms with Gasteiger partial charge in [0.25, 0.3) is 0 Å². The molecule has 57 heavy (non-hydrogen) atoms. The summed E-state index contributed by atoms with van der Waals surface area (Å²) in [4.78, 5) is 2.52. The summed E-state index contributed by atoms with van der Waals surface area (Å²) in [5.74, 6) is 0.583. The number of allylic oxidation sites excluding steroid dienone is 3. The van der Waals surface area contributed by atoms with E-state index in [0.29, 0.717) is 5.92 Å². The number of benzene rings is 7. The summed E-state index contributed by atoms with van der Waals surface area (Å²) in [6.45, 7) is 2.34. The molecule has 0 spiro atoms.